The van der Waals surface area contributed by atoms with Gasteiger partial charge in [0.2, 0.25) is 10.0 Å². The van der Waals surface area contributed by atoms with Crippen molar-refractivity contribution in [2.24, 2.45) is 5.92 Å². The van der Waals surface area contributed by atoms with Crippen molar-refractivity contribution in [3.8, 4) is 17.1 Å². The summed E-state index contributed by atoms with van der Waals surface area (Å²) in [6.07, 6.45) is 3.28. The lowest BCUT2D eigenvalue weighted by molar-refractivity contribution is 0.182. The fourth-order valence-electron chi connectivity index (χ4n) is 3.14. The monoisotopic (exact) mass is 383 g/mol. The van der Waals surface area contributed by atoms with Crippen LogP contribution in [-0.2, 0) is 14.8 Å². The van der Waals surface area contributed by atoms with Crippen molar-refractivity contribution in [3.63, 3.8) is 0 Å². The first kappa shape index (κ1) is 18.8. The number of hydrogen-bond acceptors (Lipinski definition) is 5. The van der Waals surface area contributed by atoms with Crippen LogP contribution in [-0.4, -0.2) is 62.4 Å². The molecule has 0 N–H and O–H groups in total. The zero-order valence-electron chi connectivity index (χ0n) is 14.9. The first-order valence-corrected chi connectivity index (χ1v) is 9.79. The molecule has 3 rings (SSSR count). The summed E-state index contributed by atoms with van der Waals surface area (Å²) < 4.78 is 52.8. The minimum atomic E-state index is -3.38. The van der Waals surface area contributed by atoms with Crippen LogP contribution in [0, 0.1) is 11.7 Å². The average Bonchev–Trinajstić information content (AvgIpc) is 3.22. The molecule has 0 saturated carbocycles. The van der Waals surface area contributed by atoms with Crippen molar-refractivity contribution in [1.82, 2.24) is 13.9 Å². The van der Waals surface area contributed by atoms with Crippen molar-refractivity contribution in [2.75, 3.05) is 40.2 Å². The van der Waals surface area contributed by atoms with E-state index in [2.05, 4.69) is 4.98 Å². The molecule has 9 heteroatoms. The molecule has 1 aliphatic rings. The van der Waals surface area contributed by atoms with E-state index in [1.807, 2.05) is 0 Å². The summed E-state index contributed by atoms with van der Waals surface area (Å²) >= 11 is 0. The van der Waals surface area contributed by atoms with Gasteiger partial charge in [0, 0.05) is 32.4 Å². The second-order valence-electron chi connectivity index (χ2n) is 6.40. The van der Waals surface area contributed by atoms with Gasteiger partial charge in [-0.3, -0.25) is 0 Å². The van der Waals surface area contributed by atoms with Gasteiger partial charge in [-0.05, 0) is 12.1 Å². The molecule has 7 nitrogen and oxygen atoms in total. The van der Waals surface area contributed by atoms with Crippen molar-refractivity contribution >= 4 is 10.0 Å². The van der Waals surface area contributed by atoms with Gasteiger partial charge in [0.25, 0.3) is 0 Å². The highest BCUT2D eigenvalue weighted by atomic mass is 32.2. The zero-order chi connectivity index (χ0) is 18.9. The third-order valence-corrected chi connectivity index (χ3v) is 6.55. The van der Waals surface area contributed by atoms with Crippen molar-refractivity contribution in [1.29, 1.82) is 0 Å². The number of methoxy groups -OCH3 is 1. The molecule has 0 bridgehead atoms. The largest absolute Gasteiger partial charge is 0.496 e. The topological polar surface area (TPSA) is 73.7 Å². The molecule has 1 aliphatic heterocycles. The van der Waals surface area contributed by atoms with Crippen LogP contribution in [0.4, 0.5) is 4.39 Å². The molecule has 0 spiro atoms. The molecule has 1 aromatic heterocycles. The SMILES string of the molecule is COc1cccc(F)c1-c1nccn1[C@@H]1COC[C@@H]1CS(=O)(=O)N(C)C. The first-order chi connectivity index (χ1) is 12.3. The highest BCUT2D eigenvalue weighted by molar-refractivity contribution is 7.89. The van der Waals surface area contributed by atoms with Crippen LogP contribution in [0.2, 0.25) is 0 Å². The minimum absolute atomic E-state index is 0.0449. The van der Waals surface area contributed by atoms with E-state index >= 15 is 0 Å². The summed E-state index contributed by atoms with van der Waals surface area (Å²) in [6, 6.07) is 4.31. The molecule has 1 fully saturated rings. The third-order valence-electron chi connectivity index (χ3n) is 4.59. The molecule has 2 heterocycles. The van der Waals surface area contributed by atoms with Gasteiger partial charge in [-0.2, -0.15) is 0 Å². The van der Waals surface area contributed by atoms with Gasteiger partial charge < -0.3 is 14.0 Å². The smallest absolute Gasteiger partial charge is 0.214 e. The van der Waals surface area contributed by atoms with Crippen molar-refractivity contribution < 1.29 is 22.3 Å². The number of ether oxygens (including phenoxy) is 2. The van der Waals surface area contributed by atoms with Crippen molar-refractivity contribution in [3.05, 3.63) is 36.4 Å². The molecule has 1 saturated heterocycles. The molecular weight excluding hydrogens is 361 g/mol. The number of nitrogens with zero attached hydrogens (tertiary/aromatic N) is 3. The normalized spacial score (nSPS) is 20.7. The predicted molar refractivity (Wildman–Crippen MR) is 95.0 cm³/mol. The highest BCUT2D eigenvalue weighted by Gasteiger charge is 2.36. The Balaban J connectivity index is 1.99. The fraction of sp³-hybridized carbons (Fsp3) is 0.471. The molecular formula is C17H22FN3O4S. The molecule has 0 unspecified atom stereocenters. The standard InChI is InChI=1S/C17H22FN3O4S/c1-20(2)26(22,23)11-12-9-25-10-14(12)21-8-7-19-17(21)16-13(18)5-4-6-15(16)24-3/h4-8,12,14H,9-11H2,1-3H3/t12-,14-/m1/s1. The zero-order valence-corrected chi connectivity index (χ0v) is 15.7. The van der Waals surface area contributed by atoms with Crippen LogP contribution in [0.15, 0.2) is 30.6 Å². The number of hydrogen-bond donors (Lipinski definition) is 0. The van der Waals surface area contributed by atoms with Crippen LogP contribution in [0.1, 0.15) is 6.04 Å². The molecule has 2 aromatic rings. The Labute approximate surface area is 152 Å². The van der Waals surface area contributed by atoms with Gasteiger partial charge in [0.1, 0.15) is 17.4 Å². The lowest BCUT2D eigenvalue weighted by Crippen LogP contribution is -2.32. The van der Waals surface area contributed by atoms with Gasteiger partial charge in [-0.1, -0.05) is 6.07 Å². The summed E-state index contributed by atoms with van der Waals surface area (Å²) in [4.78, 5) is 4.29. The average molecular weight is 383 g/mol. The Hall–Kier alpha value is -1.97. The Morgan fingerprint density at radius 1 is 1.38 bits per heavy atom. The van der Waals surface area contributed by atoms with E-state index in [0.29, 0.717) is 24.8 Å². The Morgan fingerprint density at radius 2 is 2.15 bits per heavy atom. The maximum atomic E-state index is 14.5. The van der Waals surface area contributed by atoms with Crippen LogP contribution in [0.5, 0.6) is 5.75 Å². The summed E-state index contributed by atoms with van der Waals surface area (Å²) in [5.74, 6) is 0.00860. The number of rotatable bonds is 6. The molecule has 0 radical (unpaired) electrons. The number of halogens is 1. The van der Waals surface area contributed by atoms with Crippen LogP contribution in [0.3, 0.4) is 0 Å². The van der Waals surface area contributed by atoms with E-state index in [1.54, 1.807) is 29.1 Å². The van der Waals surface area contributed by atoms with E-state index in [0.717, 1.165) is 0 Å². The van der Waals surface area contributed by atoms with Crippen LogP contribution in [0.25, 0.3) is 11.4 Å². The van der Waals surface area contributed by atoms with Crippen LogP contribution >= 0.6 is 0 Å². The third kappa shape index (κ3) is 3.46. The summed E-state index contributed by atoms with van der Waals surface area (Å²) in [7, 11) is 1.10. The number of benzene rings is 1. The molecule has 26 heavy (non-hydrogen) atoms. The quantitative estimate of drug-likeness (QED) is 0.760. The minimum Gasteiger partial charge on any atom is -0.496 e. The Bertz CT molecular complexity index is 882. The van der Waals surface area contributed by atoms with Gasteiger partial charge >= 0.3 is 0 Å². The maximum absolute atomic E-state index is 14.5. The molecule has 1 aromatic carbocycles. The maximum Gasteiger partial charge on any atom is 0.214 e. The molecule has 2 atom stereocenters. The summed E-state index contributed by atoms with van der Waals surface area (Å²) in [6.45, 7) is 0.664. The number of sulfonamides is 1. The second kappa shape index (κ2) is 7.34. The number of imidazole rings is 1. The predicted octanol–water partition coefficient (Wildman–Crippen LogP) is 1.78. The fourth-order valence-corrected chi connectivity index (χ4v) is 4.30. The summed E-state index contributed by atoms with van der Waals surface area (Å²) in [5, 5.41) is 0. The first-order valence-electron chi connectivity index (χ1n) is 8.18. The van der Waals surface area contributed by atoms with Gasteiger partial charge in [0.05, 0.1) is 37.7 Å². The molecule has 0 aliphatic carbocycles. The van der Waals surface area contributed by atoms with Crippen LogP contribution < -0.4 is 4.74 Å². The van der Waals surface area contributed by atoms with E-state index in [-0.39, 0.29) is 23.3 Å². The van der Waals surface area contributed by atoms with E-state index in [1.165, 1.54) is 31.6 Å². The lowest BCUT2D eigenvalue weighted by Gasteiger charge is -2.23. The van der Waals surface area contributed by atoms with E-state index in [9.17, 15) is 12.8 Å². The Kier molecular flexibility index (Phi) is 5.31. The van der Waals surface area contributed by atoms with Gasteiger partial charge in [-0.15, -0.1) is 0 Å². The van der Waals surface area contributed by atoms with Gasteiger partial charge in [0.15, 0.2) is 0 Å². The van der Waals surface area contributed by atoms with Gasteiger partial charge in [-0.25, -0.2) is 22.1 Å². The number of aromatic nitrogens is 2. The molecule has 0 amide bonds. The highest BCUT2D eigenvalue weighted by Crippen LogP contribution is 2.36. The summed E-state index contributed by atoms with van der Waals surface area (Å²) in [5.41, 5.74) is 0.251. The lowest BCUT2D eigenvalue weighted by atomic mass is 10.1. The second-order valence-corrected chi connectivity index (χ2v) is 8.63. The van der Waals surface area contributed by atoms with E-state index in [4.69, 9.17) is 9.47 Å². The van der Waals surface area contributed by atoms with E-state index < -0.39 is 15.8 Å². The molecule has 142 valence electrons. The Morgan fingerprint density at radius 3 is 2.85 bits per heavy atom. The van der Waals surface area contributed by atoms with Crippen molar-refractivity contribution in [2.45, 2.75) is 6.04 Å².